The molecule has 1 aliphatic carbocycles. The lowest BCUT2D eigenvalue weighted by Crippen LogP contribution is -2.70. The number of hydrogen-bond donors (Lipinski definition) is 1. The van der Waals surface area contributed by atoms with Gasteiger partial charge in [-0.2, -0.15) is 0 Å². The summed E-state index contributed by atoms with van der Waals surface area (Å²) in [4.78, 5) is 23.3. The first kappa shape index (κ1) is 19.6. The van der Waals surface area contributed by atoms with Crippen molar-refractivity contribution in [2.75, 3.05) is 5.32 Å². The van der Waals surface area contributed by atoms with E-state index in [2.05, 4.69) is 32.4 Å². The summed E-state index contributed by atoms with van der Waals surface area (Å²) in [6.07, 6.45) is 4.83. The molecule has 2 aromatic heterocycles. The molecule has 9 heteroatoms. The Balaban J connectivity index is 1.42. The number of anilines is 1. The predicted octanol–water partition coefficient (Wildman–Crippen LogP) is 4.21. The normalized spacial score (nSPS) is 24.6. The van der Waals surface area contributed by atoms with E-state index in [4.69, 9.17) is 4.42 Å². The van der Waals surface area contributed by atoms with E-state index >= 15 is 0 Å². The summed E-state index contributed by atoms with van der Waals surface area (Å²) >= 11 is 0. The van der Waals surface area contributed by atoms with Crippen LogP contribution < -0.4 is 5.32 Å². The van der Waals surface area contributed by atoms with Crippen LogP contribution >= 0.6 is 0 Å². The number of aromatic nitrogens is 4. The molecule has 0 unspecified atom stereocenters. The van der Waals surface area contributed by atoms with E-state index in [1.807, 2.05) is 30.0 Å². The first-order valence-electron chi connectivity index (χ1n) is 10.4. The van der Waals surface area contributed by atoms with Crippen molar-refractivity contribution in [3.63, 3.8) is 0 Å². The van der Waals surface area contributed by atoms with E-state index in [9.17, 15) is 9.18 Å². The Labute approximate surface area is 178 Å². The smallest absolute Gasteiger partial charge is 0.323 e. The number of benzene rings is 1. The molecule has 2 fully saturated rings. The van der Waals surface area contributed by atoms with Gasteiger partial charge in [-0.3, -0.25) is 0 Å². The number of nitrogens with zero attached hydrogens (tertiary/aromatic N) is 5. The molecule has 31 heavy (non-hydrogen) atoms. The van der Waals surface area contributed by atoms with E-state index < -0.39 is 11.4 Å². The molecule has 1 aliphatic heterocycles. The van der Waals surface area contributed by atoms with Crippen LogP contribution in [0.2, 0.25) is 0 Å². The molecule has 2 aliphatic rings. The topological polar surface area (TPSA) is 97.0 Å². The summed E-state index contributed by atoms with van der Waals surface area (Å²) in [6, 6.07) is 5.47. The molecule has 3 heterocycles. The van der Waals surface area contributed by atoms with Gasteiger partial charge in [0, 0.05) is 30.6 Å². The highest BCUT2D eigenvalue weighted by atomic mass is 19.1. The van der Waals surface area contributed by atoms with Crippen molar-refractivity contribution in [2.24, 2.45) is 5.92 Å². The Bertz CT molecular complexity index is 1150. The number of carbonyl (C=O) groups excluding carboxylic acids is 1. The Morgan fingerprint density at radius 2 is 2.00 bits per heavy atom. The number of halogens is 1. The van der Waals surface area contributed by atoms with Crippen molar-refractivity contribution in [1.29, 1.82) is 0 Å². The molecular weight excluding hydrogens is 399 g/mol. The second-order valence-electron chi connectivity index (χ2n) is 8.62. The van der Waals surface area contributed by atoms with Crippen LogP contribution in [0, 0.1) is 25.6 Å². The molecule has 1 saturated heterocycles. The highest BCUT2D eigenvalue weighted by molar-refractivity contribution is 5.91. The lowest BCUT2D eigenvalue weighted by molar-refractivity contribution is -0.110. The molecule has 1 saturated carbocycles. The van der Waals surface area contributed by atoms with Gasteiger partial charge in [0.1, 0.15) is 5.54 Å². The zero-order valence-corrected chi connectivity index (χ0v) is 17.6. The molecule has 3 atom stereocenters. The first-order valence-corrected chi connectivity index (χ1v) is 10.4. The number of rotatable bonds is 3. The van der Waals surface area contributed by atoms with Gasteiger partial charge in [0.15, 0.2) is 11.6 Å². The molecule has 160 valence electrons. The second kappa shape index (κ2) is 7.11. The van der Waals surface area contributed by atoms with Gasteiger partial charge in [0.25, 0.3) is 0 Å². The number of nitrogens with one attached hydrogen (secondary N) is 1. The minimum atomic E-state index is -0.554. The highest BCUT2D eigenvalue weighted by Crippen LogP contribution is 2.55. The quantitative estimate of drug-likeness (QED) is 0.679. The molecule has 2 amide bonds. The Morgan fingerprint density at radius 1 is 1.23 bits per heavy atom. The highest BCUT2D eigenvalue weighted by Gasteiger charge is 2.62. The fraction of sp³-hybridized carbons (Fsp3) is 0.409. The second-order valence-corrected chi connectivity index (χ2v) is 8.62. The van der Waals surface area contributed by atoms with Gasteiger partial charge >= 0.3 is 6.03 Å². The maximum absolute atomic E-state index is 13.3. The molecule has 0 radical (unpaired) electrons. The summed E-state index contributed by atoms with van der Waals surface area (Å²) in [5.41, 5.74) is 1.73. The van der Waals surface area contributed by atoms with Gasteiger partial charge < -0.3 is 14.6 Å². The van der Waals surface area contributed by atoms with Crippen molar-refractivity contribution in [3.05, 3.63) is 53.8 Å². The predicted molar refractivity (Wildman–Crippen MR) is 111 cm³/mol. The van der Waals surface area contributed by atoms with Gasteiger partial charge in [0.05, 0.1) is 12.4 Å². The third-order valence-electron chi connectivity index (χ3n) is 6.25. The molecule has 0 spiro atoms. The van der Waals surface area contributed by atoms with E-state index in [1.54, 1.807) is 6.92 Å². The number of amides is 2. The number of carbonyl (C=O) groups is 1. The largest absolute Gasteiger partial charge is 0.423 e. The van der Waals surface area contributed by atoms with Gasteiger partial charge in [-0.1, -0.05) is 13.0 Å². The number of likely N-dealkylation sites (tertiary alicyclic amines) is 1. The fourth-order valence-corrected chi connectivity index (χ4v) is 5.01. The van der Waals surface area contributed by atoms with E-state index in [0.29, 0.717) is 29.2 Å². The van der Waals surface area contributed by atoms with Crippen LogP contribution in [0.15, 0.2) is 35.0 Å². The standard InChI is InChI=1S/C22H23FN6O2/c1-12-6-17-9-22(8-12,20-28-27-14(3)31-20)29(17)21(30)26-16-5-4-13(2)18(7-16)19-24-10-15(23)11-25-19/h4-5,7,10-12,17H,6,8-9H2,1-3H3,(H,26,30)/t12-,17-,22+/m0/s1. The number of urea groups is 1. The average molecular weight is 422 g/mol. The Morgan fingerprint density at radius 3 is 2.71 bits per heavy atom. The summed E-state index contributed by atoms with van der Waals surface area (Å²) in [6.45, 7) is 5.86. The van der Waals surface area contributed by atoms with Gasteiger partial charge in [-0.15, -0.1) is 10.2 Å². The minimum absolute atomic E-state index is 0.140. The maximum Gasteiger partial charge on any atom is 0.323 e. The first-order chi connectivity index (χ1) is 14.9. The monoisotopic (exact) mass is 422 g/mol. The fourth-order valence-electron chi connectivity index (χ4n) is 5.01. The lowest BCUT2D eigenvalue weighted by atomic mass is 9.64. The van der Waals surface area contributed by atoms with Gasteiger partial charge in [-0.05, 0) is 43.4 Å². The number of aryl methyl sites for hydroxylation is 2. The van der Waals surface area contributed by atoms with Crippen molar-refractivity contribution in [1.82, 2.24) is 25.1 Å². The zero-order chi connectivity index (χ0) is 21.8. The average Bonchev–Trinajstić information content (AvgIpc) is 3.16. The summed E-state index contributed by atoms with van der Waals surface area (Å²) < 4.78 is 19.0. The Hall–Kier alpha value is -3.36. The van der Waals surface area contributed by atoms with Gasteiger partial charge in [0.2, 0.25) is 11.8 Å². The molecule has 8 nitrogen and oxygen atoms in total. The SMILES string of the molecule is Cc1nnc([C@@]23C[C@@H](C)C[C@@H](C2)N3C(=O)Nc2ccc(C)c(-c3ncc(F)cn3)c2)o1. The van der Waals surface area contributed by atoms with Crippen molar-refractivity contribution >= 4 is 11.7 Å². The maximum atomic E-state index is 13.3. The van der Waals surface area contributed by atoms with Crippen molar-refractivity contribution < 1.29 is 13.6 Å². The summed E-state index contributed by atoms with van der Waals surface area (Å²) in [7, 11) is 0. The van der Waals surface area contributed by atoms with Crippen LogP contribution in [0.4, 0.5) is 14.9 Å². The zero-order valence-electron chi connectivity index (χ0n) is 17.6. The summed E-state index contributed by atoms with van der Waals surface area (Å²) in [5, 5.41) is 11.2. The van der Waals surface area contributed by atoms with E-state index in [0.717, 1.165) is 42.8 Å². The van der Waals surface area contributed by atoms with Gasteiger partial charge in [-0.25, -0.2) is 19.2 Å². The number of piperidine rings is 1. The van der Waals surface area contributed by atoms with Crippen LogP contribution in [0.5, 0.6) is 0 Å². The number of fused-ring (bicyclic) bond motifs is 2. The van der Waals surface area contributed by atoms with Crippen LogP contribution in [0.1, 0.15) is 43.5 Å². The summed E-state index contributed by atoms with van der Waals surface area (Å²) in [5.74, 6) is 1.38. The minimum Gasteiger partial charge on any atom is -0.423 e. The molecule has 1 aromatic carbocycles. The third-order valence-corrected chi connectivity index (χ3v) is 6.25. The van der Waals surface area contributed by atoms with Crippen LogP contribution in [-0.4, -0.2) is 37.1 Å². The third kappa shape index (κ3) is 3.24. The molecule has 3 aromatic rings. The van der Waals surface area contributed by atoms with Crippen LogP contribution in [0.3, 0.4) is 0 Å². The van der Waals surface area contributed by atoms with Crippen LogP contribution in [0.25, 0.3) is 11.4 Å². The molecular formula is C22H23FN6O2. The molecule has 5 rings (SSSR count). The van der Waals surface area contributed by atoms with E-state index in [1.165, 1.54) is 0 Å². The Kier molecular flexibility index (Phi) is 4.49. The van der Waals surface area contributed by atoms with Crippen LogP contribution in [-0.2, 0) is 5.54 Å². The van der Waals surface area contributed by atoms with E-state index in [-0.39, 0.29) is 12.1 Å². The number of hydrogen-bond acceptors (Lipinski definition) is 6. The molecule has 2 bridgehead atoms. The molecule has 1 N–H and O–H groups in total. The lowest BCUT2D eigenvalue weighted by Gasteiger charge is -2.61. The van der Waals surface area contributed by atoms with Crippen molar-refractivity contribution in [3.8, 4) is 11.4 Å². The van der Waals surface area contributed by atoms with Crippen molar-refractivity contribution in [2.45, 2.75) is 51.6 Å².